The lowest BCUT2D eigenvalue weighted by atomic mass is 10.2. The predicted molar refractivity (Wildman–Crippen MR) is 105 cm³/mol. The van der Waals surface area contributed by atoms with Crippen LogP contribution in [0.3, 0.4) is 0 Å². The third kappa shape index (κ3) is 4.92. The van der Waals surface area contributed by atoms with E-state index in [2.05, 4.69) is 31.4 Å². The van der Waals surface area contributed by atoms with Gasteiger partial charge in [0.05, 0.1) is 10.7 Å². The minimum atomic E-state index is -0.479. The zero-order chi connectivity index (χ0) is 19.4. The first-order valence-electron chi connectivity index (χ1n) is 7.69. The highest BCUT2D eigenvalue weighted by atomic mass is 79.9. The number of thioether (sulfide) groups is 1. The van der Waals surface area contributed by atoms with E-state index in [0.29, 0.717) is 17.1 Å². The molecule has 0 aliphatic carbocycles. The monoisotopic (exact) mass is 448 g/mol. The quantitative estimate of drug-likeness (QED) is 0.336. The number of benzene rings is 2. The maximum Gasteiger partial charge on any atom is 0.277 e. The van der Waals surface area contributed by atoms with Crippen LogP contribution in [0, 0.1) is 17.0 Å². The summed E-state index contributed by atoms with van der Waals surface area (Å²) < 4.78 is 6.45. The molecule has 0 aliphatic heterocycles. The van der Waals surface area contributed by atoms with E-state index < -0.39 is 4.92 Å². The standard InChI is InChI=1S/C17H13BrN4O4S/c1-10-7-13(22(24)25)5-6-14(10)19-15(23)9-27-17-21-20-16(26-17)11-3-2-4-12(18)8-11/h2-8H,9H2,1H3,(H,19,23). The number of nitrogens with one attached hydrogen (secondary N) is 1. The van der Waals surface area contributed by atoms with Crippen LogP contribution >= 0.6 is 27.7 Å². The first-order chi connectivity index (χ1) is 12.9. The molecule has 10 heteroatoms. The minimum Gasteiger partial charge on any atom is -0.411 e. The Kier molecular flexibility index (Phi) is 5.87. The molecule has 27 heavy (non-hydrogen) atoms. The Balaban J connectivity index is 1.59. The van der Waals surface area contributed by atoms with Crippen LogP contribution < -0.4 is 5.32 Å². The van der Waals surface area contributed by atoms with E-state index in [1.54, 1.807) is 6.92 Å². The van der Waals surface area contributed by atoms with Gasteiger partial charge in [-0.05, 0) is 36.8 Å². The van der Waals surface area contributed by atoms with Gasteiger partial charge in [0, 0.05) is 27.9 Å². The molecule has 0 bridgehead atoms. The SMILES string of the molecule is Cc1cc([N+](=O)[O-])ccc1NC(=O)CSc1nnc(-c2cccc(Br)c2)o1. The molecular formula is C17H13BrN4O4S. The molecule has 1 amide bonds. The number of nitro benzene ring substituents is 1. The Morgan fingerprint density at radius 2 is 2.11 bits per heavy atom. The molecule has 1 aromatic heterocycles. The topological polar surface area (TPSA) is 111 Å². The number of non-ortho nitro benzene ring substituents is 1. The van der Waals surface area contributed by atoms with E-state index in [1.807, 2.05) is 24.3 Å². The predicted octanol–water partition coefficient (Wildman–Crippen LogP) is 4.45. The van der Waals surface area contributed by atoms with Crippen molar-refractivity contribution < 1.29 is 14.1 Å². The summed E-state index contributed by atoms with van der Waals surface area (Å²) in [5.41, 5.74) is 1.88. The van der Waals surface area contributed by atoms with Gasteiger partial charge >= 0.3 is 0 Å². The molecular weight excluding hydrogens is 436 g/mol. The van der Waals surface area contributed by atoms with Gasteiger partial charge in [-0.1, -0.05) is 33.8 Å². The number of aromatic nitrogens is 2. The van der Waals surface area contributed by atoms with Gasteiger partial charge < -0.3 is 9.73 Å². The summed E-state index contributed by atoms with van der Waals surface area (Å²) in [5, 5.41) is 21.7. The van der Waals surface area contributed by atoms with Gasteiger partial charge in [0.2, 0.25) is 11.8 Å². The van der Waals surface area contributed by atoms with Crippen molar-refractivity contribution in [3.63, 3.8) is 0 Å². The molecule has 0 saturated heterocycles. The smallest absolute Gasteiger partial charge is 0.277 e. The number of aryl methyl sites for hydroxylation is 1. The number of nitrogens with zero attached hydrogens (tertiary/aromatic N) is 3. The highest BCUT2D eigenvalue weighted by molar-refractivity contribution is 9.10. The fraction of sp³-hybridized carbons (Fsp3) is 0.118. The number of hydrogen-bond acceptors (Lipinski definition) is 7. The lowest BCUT2D eigenvalue weighted by molar-refractivity contribution is -0.384. The third-order valence-electron chi connectivity index (χ3n) is 3.50. The molecule has 0 spiro atoms. The Bertz CT molecular complexity index is 1010. The maximum atomic E-state index is 12.1. The number of carbonyl (C=O) groups is 1. The van der Waals surface area contributed by atoms with Gasteiger partial charge in [0.15, 0.2) is 0 Å². The second-order valence-corrected chi connectivity index (χ2v) is 7.32. The third-order valence-corrected chi connectivity index (χ3v) is 4.81. The molecule has 0 saturated carbocycles. The molecule has 3 rings (SSSR count). The molecule has 138 valence electrons. The first-order valence-corrected chi connectivity index (χ1v) is 9.47. The van der Waals surface area contributed by atoms with Crippen LogP contribution in [-0.4, -0.2) is 26.8 Å². The number of hydrogen-bond donors (Lipinski definition) is 1. The number of carbonyl (C=O) groups excluding carboxylic acids is 1. The zero-order valence-corrected chi connectivity index (χ0v) is 16.4. The maximum absolute atomic E-state index is 12.1. The fourth-order valence-electron chi connectivity index (χ4n) is 2.22. The van der Waals surface area contributed by atoms with Crippen molar-refractivity contribution in [3.8, 4) is 11.5 Å². The fourth-order valence-corrected chi connectivity index (χ4v) is 3.18. The van der Waals surface area contributed by atoms with E-state index in [9.17, 15) is 14.9 Å². The Morgan fingerprint density at radius 3 is 2.81 bits per heavy atom. The average molecular weight is 449 g/mol. The molecule has 1 N–H and O–H groups in total. The van der Waals surface area contributed by atoms with Crippen LogP contribution in [0.25, 0.3) is 11.5 Å². The lowest BCUT2D eigenvalue weighted by Gasteiger charge is -2.07. The van der Waals surface area contributed by atoms with Crippen molar-refractivity contribution in [1.82, 2.24) is 10.2 Å². The minimum absolute atomic E-state index is 0.0224. The van der Waals surface area contributed by atoms with E-state index in [1.165, 1.54) is 18.2 Å². The molecule has 0 fully saturated rings. The molecule has 8 nitrogen and oxygen atoms in total. The molecule has 2 aromatic carbocycles. The second kappa shape index (κ2) is 8.31. The van der Waals surface area contributed by atoms with Gasteiger partial charge in [-0.25, -0.2) is 0 Å². The summed E-state index contributed by atoms with van der Waals surface area (Å²) >= 11 is 4.49. The molecule has 3 aromatic rings. The first kappa shape index (κ1) is 19.1. The van der Waals surface area contributed by atoms with E-state index in [-0.39, 0.29) is 22.6 Å². The van der Waals surface area contributed by atoms with Crippen LogP contribution in [0.15, 0.2) is 56.6 Å². The van der Waals surface area contributed by atoms with Gasteiger partial charge in [-0.2, -0.15) is 0 Å². The largest absolute Gasteiger partial charge is 0.411 e. The number of rotatable bonds is 6. The van der Waals surface area contributed by atoms with E-state index in [4.69, 9.17) is 4.42 Å². The Morgan fingerprint density at radius 1 is 1.30 bits per heavy atom. The van der Waals surface area contributed by atoms with Crippen molar-refractivity contribution in [2.24, 2.45) is 0 Å². The number of halogens is 1. The zero-order valence-electron chi connectivity index (χ0n) is 14.0. The summed E-state index contributed by atoms with van der Waals surface area (Å²) in [6, 6.07) is 11.7. The van der Waals surface area contributed by atoms with Gasteiger partial charge in [-0.3, -0.25) is 14.9 Å². The van der Waals surface area contributed by atoms with Crippen molar-refractivity contribution in [2.75, 3.05) is 11.1 Å². The van der Waals surface area contributed by atoms with Crippen molar-refractivity contribution >= 4 is 45.0 Å². The van der Waals surface area contributed by atoms with Crippen LogP contribution in [0.5, 0.6) is 0 Å². The molecule has 0 unspecified atom stereocenters. The van der Waals surface area contributed by atoms with Crippen molar-refractivity contribution in [2.45, 2.75) is 12.1 Å². The van der Waals surface area contributed by atoms with Crippen LogP contribution in [0.2, 0.25) is 0 Å². The van der Waals surface area contributed by atoms with Crippen molar-refractivity contribution in [1.29, 1.82) is 0 Å². The second-order valence-electron chi connectivity index (χ2n) is 5.48. The highest BCUT2D eigenvalue weighted by Crippen LogP contribution is 2.26. The Hall–Kier alpha value is -2.72. The van der Waals surface area contributed by atoms with Crippen LogP contribution in [0.4, 0.5) is 11.4 Å². The number of amides is 1. The number of anilines is 1. The lowest BCUT2D eigenvalue weighted by Crippen LogP contribution is -2.14. The van der Waals surface area contributed by atoms with Gasteiger partial charge in [0.25, 0.3) is 10.9 Å². The van der Waals surface area contributed by atoms with Crippen LogP contribution in [-0.2, 0) is 4.79 Å². The molecule has 0 aliphatic rings. The van der Waals surface area contributed by atoms with Crippen LogP contribution in [0.1, 0.15) is 5.56 Å². The van der Waals surface area contributed by atoms with E-state index >= 15 is 0 Å². The molecule has 0 atom stereocenters. The summed E-state index contributed by atoms with van der Waals surface area (Å²) in [4.78, 5) is 22.4. The summed E-state index contributed by atoms with van der Waals surface area (Å²) in [5.74, 6) is 0.154. The molecule has 0 radical (unpaired) electrons. The summed E-state index contributed by atoms with van der Waals surface area (Å²) in [7, 11) is 0. The molecule has 1 heterocycles. The number of nitro groups is 1. The van der Waals surface area contributed by atoms with Gasteiger partial charge in [0.1, 0.15) is 0 Å². The highest BCUT2D eigenvalue weighted by Gasteiger charge is 2.13. The normalized spacial score (nSPS) is 10.6. The average Bonchev–Trinajstić information content (AvgIpc) is 3.10. The summed E-state index contributed by atoms with van der Waals surface area (Å²) in [6.45, 7) is 1.69. The Labute approximate surface area is 166 Å². The summed E-state index contributed by atoms with van der Waals surface area (Å²) in [6.07, 6.45) is 0. The van der Waals surface area contributed by atoms with E-state index in [0.717, 1.165) is 21.8 Å². The van der Waals surface area contributed by atoms with Gasteiger partial charge in [-0.15, -0.1) is 10.2 Å². The van der Waals surface area contributed by atoms with Crippen molar-refractivity contribution in [3.05, 3.63) is 62.6 Å².